The number of benzene rings is 1. The van der Waals surface area contributed by atoms with Crippen molar-refractivity contribution in [3.05, 3.63) is 29.8 Å². The van der Waals surface area contributed by atoms with Gasteiger partial charge in [0.05, 0.1) is 16.2 Å². The summed E-state index contributed by atoms with van der Waals surface area (Å²) in [6.45, 7) is -0.390. The number of carboxylic acid groups (broad SMARTS) is 1. The molecule has 4 N–H and O–H groups in total. The Labute approximate surface area is 110 Å². The molecule has 0 amide bonds. The number of primary sulfonamides is 1. The Morgan fingerprint density at radius 2 is 1.89 bits per heavy atom. The smallest absolute Gasteiger partial charge is 0.335 e. The van der Waals surface area contributed by atoms with Crippen LogP contribution in [0.5, 0.6) is 0 Å². The Morgan fingerprint density at radius 3 is 2.42 bits per heavy atom. The third kappa shape index (κ3) is 4.95. The highest BCUT2D eigenvalue weighted by Gasteiger charge is 2.16. The zero-order valence-corrected chi connectivity index (χ0v) is 11.2. The van der Waals surface area contributed by atoms with E-state index in [0.717, 1.165) is 6.07 Å². The maximum absolute atomic E-state index is 11.8. The minimum absolute atomic E-state index is 0.186. The van der Waals surface area contributed by atoms with E-state index in [1.54, 1.807) is 0 Å². The molecule has 0 saturated carbocycles. The first-order valence-electron chi connectivity index (χ1n) is 4.95. The summed E-state index contributed by atoms with van der Waals surface area (Å²) in [6, 6.07) is 4.69. The van der Waals surface area contributed by atoms with E-state index >= 15 is 0 Å². The Hall–Kier alpha value is -1.49. The van der Waals surface area contributed by atoms with E-state index in [9.17, 15) is 21.6 Å². The lowest BCUT2D eigenvalue weighted by Gasteiger charge is -2.06. The summed E-state index contributed by atoms with van der Waals surface area (Å²) in [5, 5.41) is 13.5. The number of rotatable bonds is 6. The molecule has 0 atom stereocenters. The van der Waals surface area contributed by atoms with Crippen LogP contribution in [0.15, 0.2) is 29.2 Å². The Morgan fingerprint density at radius 1 is 1.26 bits per heavy atom. The number of hydrogen-bond acceptors (Lipinski definition) is 5. The van der Waals surface area contributed by atoms with Crippen molar-refractivity contribution in [3.63, 3.8) is 0 Å². The van der Waals surface area contributed by atoms with Gasteiger partial charge in [-0.2, -0.15) is 0 Å². The van der Waals surface area contributed by atoms with Crippen molar-refractivity contribution in [1.82, 2.24) is 4.72 Å². The van der Waals surface area contributed by atoms with Crippen molar-refractivity contribution in [2.24, 2.45) is 5.14 Å². The minimum Gasteiger partial charge on any atom is -0.478 e. The summed E-state index contributed by atoms with van der Waals surface area (Å²) in [5.41, 5.74) is -0.186. The fourth-order valence-electron chi connectivity index (χ4n) is 1.20. The third-order valence-corrected chi connectivity index (χ3v) is 4.30. The molecule has 0 saturated heterocycles. The van der Waals surface area contributed by atoms with Gasteiger partial charge in [-0.15, -0.1) is 0 Å². The number of carboxylic acids is 1. The van der Waals surface area contributed by atoms with Crippen molar-refractivity contribution in [2.45, 2.75) is 4.90 Å². The normalized spacial score (nSPS) is 12.3. The van der Waals surface area contributed by atoms with Crippen molar-refractivity contribution in [2.75, 3.05) is 12.3 Å². The molecule has 0 aliphatic heterocycles. The van der Waals surface area contributed by atoms with E-state index in [2.05, 4.69) is 0 Å². The van der Waals surface area contributed by atoms with Crippen LogP contribution in [0.4, 0.5) is 0 Å². The number of aromatic carboxylic acids is 1. The van der Waals surface area contributed by atoms with Crippen LogP contribution in [-0.2, 0) is 20.0 Å². The van der Waals surface area contributed by atoms with Gasteiger partial charge < -0.3 is 5.11 Å². The van der Waals surface area contributed by atoms with E-state index in [1.165, 1.54) is 18.2 Å². The van der Waals surface area contributed by atoms with Crippen LogP contribution in [0.25, 0.3) is 0 Å². The monoisotopic (exact) mass is 308 g/mol. The fraction of sp³-hybridized carbons (Fsp3) is 0.222. The number of hydrogen-bond donors (Lipinski definition) is 3. The molecule has 0 fully saturated rings. The maximum Gasteiger partial charge on any atom is 0.335 e. The second-order valence-electron chi connectivity index (χ2n) is 3.60. The molecule has 0 aliphatic rings. The van der Waals surface area contributed by atoms with E-state index in [-0.39, 0.29) is 10.5 Å². The molecule has 0 heterocycles. The van der Waals surface area contributed by atoms with Crippen LogP contribution < -0.4 is 9.86 Å². The van der Waals surface area contributed by atoms with Crippen molar-refractivity contribution in [3.8, 4) is 0 Å². The molecule has 0 aliphatic carbocycles. The molecule has 0 unspecified atom stereocenters. The lowest BCUT2D eigenvalue weighted by atomic mass is 10.2. The molecular formula is C9H12N2O6S2. The van der Waals surface area contributed by atoms with E-state index in [4.69, 9.17) is 10.2 Å². The van der Waals surface area contributed by atoms with E-state index in [1.807, 2.05) is 4.72 Å². The van der Waals surface area contributed by atoms with Gasteiger partial charge in [-0.3, -0.25) is 0 Å². The third-order valence-electron chi connectivity index (χ3n) is 2.07. The van der Waals surface area contributed by atoms with Crippen LogP contribution in [0.3, 0.4) is 0 Å². The van der Waals surface area contributed by atoms with Crippen molar-refractivity contribution < 1.29 is 26.7 Å². The number of sulfonamides is 2. The van der Waals surface area contributed by atoms with Gasteiger partial charge in [0.15, 0.2) is 0 Å². The molecule has 0 spiro atoms. The highest BCUT2D eigenvalue weighted by molar-refractivity contribution is 7.90. The van der Waals surface area contributed by atoms with Gasteiger partial charge in [0.1, 0.15) is 0 Å². The quantitative estimate of drug-likeness (QED) is 0.612. The second-order valence-corrected chi connectivity index (χ2v) is 7.10. The Kier molecular flexibility index (Phi) is 4.63. The van der Waals surface area contributed by atoms with Crippen molar-refractivity contribution in [1.29, 1.82) is 0 Å². The summed E-state index contributed by atoms with van der Waals surface area (Å²) in [7, 11) is -7.74. The largest absolute Gasteiger partial charge is 0.478 e. The van der Waals surface area contributed by atoms with Crippen LogP contribution >= 0.6 is 0 Å². The average molecular weight is 308 g/mol. The molecule has 19 heavy (non-hydrogen) atoms. The first kappa shape index (κ1) is 15.6. The van der Waals surface area contributed by atoms with Gasteiger partial charge in [-0.1, -0.05) is 6.07 Å². The molecular weight excluding hydrogens is 296 g/mol. The lowest BCUT2D eigenvalue weighted by molar-refractivity contribution is 0.0696. The maximum atomic E-state index is 11.8. The molecule has 10 heteroatoms. The van der Waals surface area contributed by atoms with E-state index < -0.39 is 38.3 Å². The summed E-state index contributed by atoms with van der Waals surface area (Å²) >= 11 is 0. The summed E-state index contributed by atoms with van der Waals surface area (Å²) < 4.78 is 46.8. The Bertz CT molecular complexity index is 680. The van der Waals surface area contributed by atoms with Gasteiger partial charge in [-0.05, 0) is 18.2 Å². The average Bonchev–Trinajstić information content (AvgIpc) is 2.27. The van der Waals surface area contributed by atoms with Gasteiger partial charge in [0.2, 0.25) is 20.0 Å². The summed E-state index contributed by atoms with van der Waals surface area (Å²) in [6.07, 6.45) is 0. The van der Waals surface area contributed by atoms with Gasteiger partial charge in [-0.25, -0.2) is 31.5 Å². The predicted molar refractivity (Wildman–Crippen MR) is 66.6 cm³/mol. The molecule has 0 bridgehead atoms. The highest BCUT2D eigenvalue weighted by Crippen LogP contribution is 2.11. The summed E-state index contributed by atoms with van der Waals surface area (Å²) in [4.78, 5) is 10.5. The lowest BCUT2D eigenvalue weighted by Crippen LogP contribution is -2.31. The first-order chi connectivity index (χ1) is 8.62. The molecule has 1 rings (SSSR count). The van der Waals surface area contributed by atoms with Crippen LogP contribution in [-0.4, -0.2) is 40.2 Å². The molecule has 0 radical (unpaired) electrons. The van der Waals surface area contributed by atoms with Gasteiger partial charge >= 0.3 is 5.97 Å². The fourth-order valence-corrected chi connectivity index (χ4v) is 2.79. The second kappa shape index (κ2) is 5.65. The molecule has 0 aromatic heterocycles. The molecule has 1 aromatic rings. The molecule has 8 nitrogen and oxygen atoms in total. The first-order valence-corrected chi connectivity index (χ1v) is 8.15. The van der Waals surface area contributed by atoms with Crippen LogP contribution in [0.2, 0.25) is 0 Å². The zero-order chi connectivity index (χ0) is 14.7. The van der Waals surface area contributed by atoms with Crippen LogP contribution in [0.1, 0.15) is 10.4 Å². The minimum atomic E-state index is -3.97. The summed E-state index contributed by atoms with van der Waals surface area (Å²) in [5.74, 6) is -1.81. The Balaban J connectivity index is 2.89. The standard InChI is InChI=1S/C9H12N2O6S2/c10-18(14,15)5-4-11-19(16,17)8-3-1-2-7(6-8)9(12)13/h1-3,6,11H,4-5H2,(H,12,13)(H2,10,14,15). The SMILES string of the molecule is NS(=O)(=O)CCNS(=O)(=O)c1cccc(C(=O)O)c1. The zero-order valence-electron chi connectivity index (χ0n) is 9.61. The predicted octanol–water partition coefficient (Wildman–Crippen LogP) is -1.05. The van der Waals surface area contributed by atoms with E-state index in [0.29, 0.717) is 0 Å². The molecule has 106 valence electrons. The number of nitrogens with two attached hydrogens (primary N) is 1. The topological polar surface area (TPSA) is 144 Å². The van der Waals surface area contributed by atoms with Crippen molar-refractivity contribution >= 4 is 26.0 Å². The molecule has 1 aromatic carbocycles. The van der Waals surface area contributed by atoms with Gasteiger partial charge in [0.25, 0.3) is 0 Å². The highest BCUT2D eigenvalue weighted by atomic mass is 32.2. The van der Waals surface area contributed by atoms with Crippen LogP contribution in [0, 0.1) is 0 Å². The number of carbonyl (C=O) groups is 1. The number of nitrogens with one attached hydrogen (secondary N) is 1. The van der Waals surface area contributed by atoms with Gasteiger partial charge in [0, 0.05) is 6.54 Å².